The van der Waals surface area contributed by atoms with Gasteiger partial charge in [0.05, 0.1) is 6.04 Å². The number of nitrogens with one attached hydrogen (secondary N) is 4. The van der Waals surface area contributed by atoms with E-state index in [2.05, 4.69) is 20.9 Å². The number of aromatic amines is 1. The van der Waals surface area contributed by atoms with Crippen LogP contribution in [0.2, 0.25) is 0 Å². The minimum absolute atomic E-state index is 0.00104. The number of nitrogens with two attached hydrogens (primary N) is 1. The summed E-state index contributed by atoms with van der Waals surface area (Å²) in [6.07, 6.45) is 1.14. The molecule has 2 aromatic carbocycles. The largest absolute Gasteiger partial charge is 0.481 e. The lowest BCUT2D eigenvalue weighted by atomic mass is 10.0. The van der Waals surface area contributed by atoms with Crippen molar-refractivity contribution in [3.05, 3.63) is 71.9 Å². The Bertz CT molecular complexity index is 1360. The van der Waals surface area contributed by atoms with Gasteiger partial charge in [0, 0.05) is 29.9 Å². The molecule has 1 aromatic heterocycles. The summed E-state index contributed by atoms with van der Waals surface area (Å²) in [4.78, 5) is 64.5. The average molecular weight is 552 g/mol. The number of carbonyl (C=O) groups excluding carboxylic acids is 3. The smallest absolute Gasteiger partial charge is 0.326 e. The number of aliphatic carboxylic acids is 2. The standard InChI is InChI=1S/C28H33N5O7/c1-16(31-26(37)20(29)13-17-7-3-2-4-8-17)25(36)33-23(14-18-15-30-21-10-6-5-9-19(18)21)27(38)32-22(28(39)40)11-12-24(34)35/h2-10,15-16,20,22-23,30H,11-14,29H2,1H3,(H,31,37)(H,32,38)(H,33,36)(H,34,35)(H,39,40). The molecule has 0 aliphatic carbocycles. The number of aromatic nitrogens is 1. The van der Waals surface area contributed by atoms with E-state index in [9.17, 15) is 29.1 Å². The average Bonchev–Trinajstić information content (AvgIpc) is 3.33. The molecule has 212 valence electrons. The Morgan fingerprint density at radius 2 is 1.48 bits per heavy atom. The van der Waals surface area contributed by atoms with Crippen molar-refractivity contribution in [2.45, 2.75) is 56.8 Å². The molecule has 0 aliphatic heterocycles. The van der Waals surface area contributed by atoms with Gasteiger partial charge in [-0.3, -0.25) is 19.2 Å². The molecule has 0 bridgehead atoms. The summed E-state index contributed by atoms with van der Waals surface area (Å²) in [7, 11) is 0. The van der Waals surface area contributed by atoms with Gasteiger partial charge in [-0.2, -0.15) is 0 Å². The molecule has 0 saturated carbocycles. The Morgan fingerprint density at radius 3 is 2.15 bits per heavy atom. The van der Waals surface area contributed by atoms with Crippen molar-refractivity contribution in [1.29, 1.82) is 0 Å². The van der Waals surface area contributed by atoms with Crippen molar-refractivity contribution < 1.29 is 34.2 Å². The minimum atomic E-state index is -1.47. The first kappa shape index (κ1) is 29.8. The van der Waals surface area contributed by atoms with Gasteiger partial charge in [-0.25, -0.2) is 4.79 Å². The summed E-state index contributed by atoms with van der Waals surface area (Å²) < 4.78 is 0. The molecule has 0 radical (unpaired) electrons. The van der Waals surface area contributed by atoms with Gasteiger partial charge in [0.15, 0.2) is 0 Å². The first-order valence-electron chi connectivity index (χ1n) is 12.8. The lowest BCUT2D eigenvalue weighted by molar-refractivity contribution is -0.143. The third-order valence-electron chi connectivity index (χ3n) is 6.38. The van der Waals surface area contributed by atoms with Gasteiger partial charge in [0.25, 0.3) is 0 Å². The van der Waals surface area contributed by atoms with Crippen LogP contribution in [0, 0.1) is 0 Å². The number of fused-ring (bicyclic) bond motifs is 1. The molecule has 4 atom stereocenters. The van der Waals surface area contributed by atoms with Gasteiger partial charge in [0.2, 0.25) is 17.7 Å². The lowest BCUT2D eigenvalue weighted by Crippen LogP contribution is -2.57. The highest BCUT2D eigenvalue weighted by atomic mass is 16.4. The molecule has 0 spiro atoms. The van der Waals surface area contributed by atoms with Crippen LogP contribution in [0.3, 0.4) is 0 Å². The van der Waals surface area contributed by atoms with E-state index in [1.807, 2.05) is 54.6 Å². The number of hydrogen-bond acceptors (Lipinski definition) is 6. The number of carbonyl (C=O) groups is 5. The summed E-state index contributed by atoms with van der Waals surface area (Å²) >= 11 is 0. The summed E-state index contributed by atoms with van der Waals surface area (Å²) in [6.45, 7) is 1.44. The van der Waals surface area contributed by atoms with Crippen LogP contribution in [0.25, 0.3) is 10.9 Å². The maximum atomic E-state index is 13.2. The highest BCUT2D eigenvalue weighted by Gasteiger charge is 2.30. The highest BCUT2D eigenvalue weighted by molar-refractivity contribution is 5.94. The van der Waals surface area contributed by atoms with E-state index in [1.165, 1.54) is 6.92 Å². The molecule has 1 heterocycles. The van der Waals surface area contributed by atoms with E-state index in [4.69, 9.17) is 10.8 Å². The zero-order valence-electron chi connectivity index (χ0n) is 21.9. The molecular weight excluding hydrogens is 518 g/mol. The maximum absolute atomic E-state index is 13.2. The van der Waals surface area contributed by atoms with Gasteiger partial charge in [-0.05, 0) is 37.0 Å². The van der Waals surface area contributed by atoms with Crippen molar-refractivity contribution in [3.63, 3.8) is 0 Å². The topological polar surface area (TPSA) is 204 Å². The number of H-pyrrole nitrogens is 1. The SMILES string of the molecule is CC(NC(=O)C(N)Cc1ccccc1)C(=O)NC(Cc1c[nH]c2ccccc12)C(=O)NC(CCC(=O)O)C(=O)O. The van der Waals surface area contributed by atoms with E-state index in [0.29, 0.717) is 5.56 Å². The minimum Gasteiger partial charge on any atom is -0.481 e. The fourth-order valence-corrected chi connectivity index (χ4v) is 4.17. The Hall–Kier alpha value is -4.71. The molecule has 12 heteroatoms. The van der Waals surface area contributed by atoms with Gasteiger partial charge in [-0.15, -0.1) is 0 Å². The van der Waals surface area contributed by atoms with Crippen molar-refractivity contribution >= 4 is 40.6 Å². The third kappa shape index (κ3) is 8.40. The zero-order valence-corrected chi connectivity index (χ0v) is 21.9. The summed E-state index contributed by atoms with van der Waals surface area (Å²) in [5.41, 5.74) is 8.37. The van der Waals surface area contributed by atoms with Crippen LogP contribution >= 0.6 is 0 Å². The van der Waals surface area contributed by atoms with Crippen LogP contribution in [0.4, 0.5) is 0 Å². The molecular formula is C28H33N5O7. The first-order valence-corrected chi connectivity index (χ1v) is 12.8. The maximum Gasteiger partial charge on any atom is 0.326 e. The molecule has 40 heavy (non-hydrogen) atoms. The quantitative estimate of drug-likeness (QED) is 0.152. The summed E-state index contributed by atoms with van der Waals surface area (Å²) in [6, 6.07) is 11.8. The number of rotatable bonds is 14. The van der Waals surface area contributed by atoms with Crippen LogP contribution in [0.1, 0.15) is 30.9 Å². The fraction of sp³-hybridized carbons (Fsp3) is 0.321. The van der Waals surface area contributed by atoms with Crippen LogP contribution in [0.15, 0.2) is 60.8 Å². The highest BCUT2D eigenvalue weighted by Crippen LogP contribution is 2.19. The Kier molecular flexibility index (Phi) is 10.4. The van der Waals surface area contributed by atoms with Crippen LogP contribution in [-0.4, -0.2) is 69.0 Å². The first-order chi connectivity index (χ1) is 19.0. The van der Waals surface area contributed by atoms with Crippen molar-refractivity contribution in [3.8, 4) is 0 Å². The molecule has 3 aromatic rings. The Balaban J connectivity index is 1.72. The number of amides is 3. The lowest BCUT2D eigenvalue weighted by Gasteiger charge is -2.23. The van der Waals surface area contributed by atoms with Gasteiger partial charge in [0.1, 0.15) is 18.1 Å². The second-order valence-electron chi connectivity index (χ2n) is 9.48. The number of para-hydroxylation sites is 1. The predicted octanol–water partition coefficient (Wildman–Crippen LogP) is 0.704. The van der Waals surface area contributed by atoms with Crippen LogP contribution in [-0.2, 0) is 36.8 Å². The molecule has 12 nitrogen and oxygen atoms in total. The van der Waals surface area contributed by atoms with Crippen molar-refractivity contribution in [1.82, 2.24) is 20.9 Å². The zero-order chi connectivity index (χ0) is 29.2. The summed E-state index contributed by atoms with van der Waals surface area (Å²) in [5.74, 6) is -4.66. The molecule has 8 N–H and O–H groups in total. The molecule has 0 fully saturated rings. The van der Waals surface area contributed by atoms with Crippen LogP contribution < -0.4 is 21.7 Å². The normalized spacial score (nSPS) is 13.9. The van der Waals surface area contributed by atoms with Gasteiger partial charge in [-0.1, -0.05) is 48.5 Å². The van der Waals surface area contributed by atoms with Crippen LogP contribution in [0.5, 0.6) is 0 Å². The van der Waals surface area contributed by atoms with E-state index in [1.54, 1.807) is 6.20 Å². The summed E-state index contributed by atoms with van der Waals surface area (Å²) in [5, 5.41) is 26.7. The van der Waals surface area contributed by atoms with E-state index in [-0.39, 0.29) is 19.3 Å². The Morgan fingerprint density at radius 1 is 0.825 bits per heavy atom. The van der Waals surface area contributed by atoms with Crippen molar-refractivity contribution in [2.24, 2.45) is 5.73 Å². The molecule has 0 saturated heterocycles. The number of hydrogen-bond donors (Lipinski definition) is 7. The van der Waals surface area contributed by atoms with E-state index in [0.717, 1.165) is 16.5 Å². The fourth-order valence-electron chi connectivity index (χ4n) is 4.17. The number of carboxylic acids is 2. The molecule has 4 unspecified atom stereocenters. The van der Waals surface area contributed by atoms with E-state index >= 15 is 0 Å². The molecule has 3 amide bonds. The molecule has 0 aliphatic rings. The Labute approximate surface area is 230 Å². The van der Waals surface area contributed by atoms with E-state index < -0.39 is 60.2 Å². The second-order valence-corrected chi connectivity index (χ2v) is 9.48. The second kappa shape index (κ2) is 13.9. The molecule has 3 rings (SSSR count). The van der Waals surface area contributed by atoms with Gasteiger partial charge < -0.3 is 36.9 Å². The number of carboxylic acid groups (broad SMARTS) is 2. The van der Waals surface area contributed by atoms with Gasteiger partial charge >= 0.3 is 11.9 Å². The third-order valence-corrected chi connectivity index (χ3v) is 6.38. The predicted molar refractivity (Wildman–Crippen MR) is 146 cm³/mol. The number of benzene rings is 2. The monoisotopic (exact) mass is 551 g/mol. The van der Waals surface area contributed by atoms with Crippen molar-refractivity contribution in [2.75, 3.05) is 0 Å².